The molecule has 18 rings (SSSR count). The number of carbonyl (C=O) groups is 12. The molecule has 3 aromatic rings. The second-order valence-electron chi connectivity index (χ2n) is 30.2. The number of aliphatic imine (C=N–C) groups is 1. The van der Waals surface area contributed by atoms with Crippen molar-refractivity contribution >= 4 is 106 Å². The molecule has 542 valence electrons. The smallest absolute Gasteiger partial charge is 0.252 e. The normalized spacial score (nSPS) is 29.9. The molecule has 12 saturated heterocycles. The average molecular weight is 1410 g/mol. The lowest BCUT2D eigenvalue weighted by atomic mass is 9.79. The van der Waals surface area contributed by atoms with Crippen LogP contribution < -0.4 is 31.9 Å². The lowest BCUT2D eigenvalue weighted by Gasteiger charge is -2.45. The highest BCUT2D eigenvalue weighted by atomic mass is 32.2. The molecule has 0 unspecified atom stereocenters. The zero-order valence-electron chi connectivity index (χ0n) is 58.0. The Morgan fingerprint density at radius 3 is 1.40 bits per heavy atom. The van der Waals surface area contributed by atoms with Gasteiger partial charge in [-0.05, 0) is 114 Å². The molecule has 0 radical (unpaired) electrons. The number of hydrogen-bond acceptors (Lipinski definition) is 15. The van der Waals surface area contributed by atoms with Crippen LogP contribution in [0.4, 0.5) is 0 Å². The van der Waals surface area contributed by atoms with Crippen molar-refractivity contribution in [1.82, 2.24) is 76.3 Å². The van der Waals surface area contributed by atoms with Crippen molar-refractivity contribution in [3.63, 3.8) is 0 Å². The predicted molar refractivity (Wildman–Crippen MR) is 371 cm³/mol. The van der Waals surface area contributed by atoms with Gasteiger partial charge in [-0.3, -0.25) is 57.5 Å². The molecule has 2 aromatic heterocycles. The number of aromatic nitrogens is 3. The third-order valence-corrected chi connectivity index (χ3v) is 23.6. The number of para-hydroxylation sites is 1. The van der Waals surface area contributed by atoms with Crippen LogP contribution in [0.3, 0.4) is 0 Å². The molecule has 15 heterocycles. The van der Waals surface area contributed by atoms with Crippen LogP contribution in [0.2, 0.25) is 0 Å². The highest BCUT2D eigenvalue weighted by Crippen LogP contribution is 2.42. The van der Waals surface area contributed by atoms with Crippen LogP contribution in [0.5, 0.6) is 0 Å². The van der Waals surface area contributed by atoms with Gasteiger partial charge in [0.25, 0.3) is 5.91 Å². The van der Waals surface area contributed by atoms with Crippen molar-refractivity contribution in [2.45, 2.75) is 232 Å². The summed E-state index contributed by atoms with van der Waals surface area (Å²) in [6.07, 6.45) is 26.9. The van der Waals surface area contributed by atoms with E-state index in [1.54, 1.807) is 55.0 Å². The Bertz CT molecular complexity index is 3780. The molecule has 10 atom stereocenters. The Hall–Kier alpha value is -8.70. The predicted octanol–water partition coefficient (Wildman–Crippen LogP) is 0.700. The summed E-state index contributed by atoms with van der Waals surface area (Å²) in [5, 5.41) is 18.4. The minimum atomic E-state index is -0.532. The Balaban J connectivity index is 0.000000109. The molecule has 8 N–H and O–H groups in total. The zero-order valence-corrected chi connectivity index (χ0v) is 58.8. The van der Waals surface area contributed by atoms with Gasteiger partial charge in [-0.25, -0.2) is 14.6 Å². The molecule has 29 nitrogen and oxygen atoms in total. The summed E-state index contributed by atoms with van der Waals surface area (Å²) in [7, 11) is 0. The second kappa shape index (κ2) is 29.7. The fourth-order valence-electron chi connectivity index (χ4n) is 16.8. The van der Waals surface area contributed by atoms with Crippen LogP contribution in [0.25, 0.3) is 10.9 Å². The van der Waals surface area contributed by atoms with E-state index in [2.05, 4.69) is 72.6 Å². The van der Waals surface area contributed by atoms with Crippen LogP contribution >= 0.6 is 11.8 Å². The Kier molecular flexibility index (Phi) is 20.8. The van der Waals surface area contributed by atoms with E-state index < -0.39 is 29.2 Å². The van der Waals surface area contributed by atoms with Gasteiger partial charge < -0.3 is 71.3 Å². The third kappa shape index (κ3) is 15.0. The monoisotopic (exact) mass is 1410 g/mol. The van der Waals surface area contributed by atoms with Crippen LogP contribution in [0, 0.1) is 0 Å². The maximum atomic E-state index is 12.5. The molecule has 2 aliphatic carbocycles. The van der Waals surface area contributed by atoms with Gasteiger partial charge in [0.1, 0.15) is 65.5 Å². The number of nitrogens with one attached hydrogen (secondary N) is 8. The van der Waals surface area contributed by atoms with E-state index >= 15 is 0 Å². The summed E-state index contributed by atoms with van der Waals surface area (Å²) >= 11 is 1.72. The molecule has 14 fully saturated rings. The summed E-state index contributed by atoms with van der Waals surface area (Å²) in [4.78, 5) is 169. The number of nitrogens with zero attached hydrogens (tertiary/aromatic N) is 9. The third-order valence-electron chi connectivity index (χ3n) is 22.3. The molecule has 0 bridgehead atoms. The first-order valence-electron chi connectivity index (χ1n) is 36.5. The Labute approximate surface area is 591 Å². The van der Waals surface area contributed by atoms with Gasteiger partial charge in [-0.15, -0.1) is 0 Å². The van der Waals surface area contributed by atoms with Crippen LogP contribution in [0.15, 0.2) is 48.0 Å². The molecular weight excluding hydrogens is 1310 g/mol. The van der Waals surface area contributed by atoms with E-state index in [0.717, 1.165) is 157 Å². The molecular formula is C71H96N17O12S+. The van der Waals surface area contributed by atoms with E-state index in [1.165, 1.54) is 6.42 Å². The fraction of sp³-hybridized carbons (Fsp3) is 0.648. The highest BCUT2D eigenvalue weighted by molar-refractivity contribution is 8.00. The number of amides is 12. The van der Waals surface area contributed by atoms with Gasteiger partial charge >= 0.3 is 0 Å². The van der Waals surface area contributed by atoms with Crippen molar-refractivity contribution in [2.75, 3.05) is 58.2 Å². The first-order valence-corrected chi connectivity index (χ1v) is 37.5. The van der Waals surface area contributed by atoms with E-state index in [9.17, 15) is 57.5 Å². The highest BCUT2D eigenvalue weighted by Gasteiger charge is 2.59. The standard InChI is InChI=1S/C16H17N3O2.C12H20N2O2S.C12H18N2O2.2C11H14N4O2.C9H12N2O2/c20-15-14-6-3-7-19(14)16(21)13(18-15)8-10-9-17-12-5-2-1-4-11(10)12;1-12(2,3)17-7-8-11(16)14-6-4-5-9(14)10(15)13-8;15-10-9-5-4-8-14(9)11(16)12(13-10)6-2-1-3-7-12;16-10-9-2-1-4-15(9)11(17)8(13-10)6-14-5-3-12-7-14;16-10-9-2-1-3-15(9)11(17)8(14-10)4-7-5-12-6-13-7;12-7-6-2-1-5-11(6)8(13)9(10-7)3-4-9/h1-2,4-5,9,13-14,17H,3,6-8H2,(H,18,20);8-9H,4-7H2,1-3H3,(H,13,15);9H,1-8H2,(H,13,15);3,5,8-9H,1-2,4,6-7H2;5-6,8-9H,1-4H2,(H,12,13)(H,14,16);6H,1-5H2,(H,10,12)/p+1/t13-,14-;8-,9-;9-;2*8-,9-;6-/m000000/s1. The minimum Gasteiger partial charge on any atom is -0.361 e. The molecule has 2 spiro atoms. The number of piperazine rings is 6. The number of thioether (sulfide) groups is 1. The van der Waals surface area contributed by atoms with Crippen molar-refractivity contribution < 1.29 is 62.1 Å². The van der Waals surface area contributed by atoms with E-state index in [4.69, 9.17) is 0 Å². The number of rotatable bonds is 8. The van der Waals surface area contributed by atoms with Crippen molar-refractivity contribution in [2.24, 2.45) is 4.99 Å². The number of hydrogen-bond donors (Lipinski definition) is 8. The van der Waals surface area contributed by atoms with Gasteiger partial charge in [0, 0.05) is 91.6 Å². The molecule has 15 aliphatic rings. The first kappa shape index (κ1) is 70.7. The molecule has 101 heavy (non-hydrogen) atoms. The zero-order chi connectivity index (χ0) is 70.9. The number of benzene rings is 1. The summed E-state index contributed by atoms with van der Waals surface area (Å²) < 4.78 is 2.05. The quantitative estimate of drug-likeness (QED) is 0.144. The fourth-order valence-corrected chi connectivity index (χ4v) is 17.7. The number of carbonyl (C=O) groups excluding carboxylic acids is 12. The second-order valence-corrected chi connectivity index (χ2v) is 32.0. The number of fused-ring (bicyclic) bond motifs is 7. The van der Waals surface area contributed by atoms with Crippen LogP contribution in [-0.2, 0) is 70.4 Å². The van der Waals surface area contributed by atoms with E-state index in [-0.39, 0.29) is 118 Å². The largest absolute Gasteiger partial charge is 0.361 e. The summed E-state index contributed by atoms with van der Waals surface area (Å²) in [6.45, 7) is 11.9. The van der Waals surface area contributed by atoms with Gasteiger partial charge in [0.2, 0.25) is 71.6 Å². The summed E-state index contributed by atoms with van der Waals surface area (Å²) in [5.41, 5.74) is 2.00. The molecule has 30 heteroatoms. The van der Waals surface area contributed by atoms with Gasteiger partial charge in [-0.1, -0.05) is 58.2 Å². The first-order chi connectivity index (χ1) is 48.6. The van der Waals surface area contributed by atoms with E-state index in [1.807, 2.05) is 46.2 Å². The maximum Gasteiger partial charge on any atom is 0.252 e. The maximum absolute atomic E-state index is 12.5. The van der Waals surface area contributed by atoms with Gasteiger partial charge in [0.05, 0.1) is 12.5 Å². The van der Waals surface area contributed by atoms with Crippen molar-refractivity contribution in [1.29, 1.82) is 0 Å². The van der Waals surface area contributed by atoms with Crippen LogP contribution in [0.1, 0.15) is 154 Å². The number of aromatic amines is 2. The minimum absolute atomic E-state index is 0.00283. The SMILES string of the molecule is CC(C)(C)SC[C@@H]1NC(=O)[C@@H]2CCCN2C1=O.O=C1NC2(CC2)C(=O)N2CCC[C@@H]12.O=C1NC2(CCCCC2)C(=O)N2CCC[C@@H]12.O=C1N[C@@H](C[N+]2=CC=NC2)C(=O)N2CCC[C@@H]12.O=C1N[C@@H](Cc2c[nH]c3ccccc23)C(=O)N2CCC[C@@H]12.O=C1N[C@@H](Cc2cnc[nH]2)C(=O)N2CCC[C@@H]12. The number of H-pyrrole nitrogens is 2. The van der Waals surface area contributed by atoms with Crippen LogP contribution in [-0.4, -0.2) is 267 Å². The molecule has 12 amide bonds. The topological polar surface area (TPSA) is 356 Å². The lowest BCUT2D eigenvalue weighted by Crippen LogP contribution is -2.69. The molecule has 1 aromatic carbocycles. The Morgan fingerprint density at radius 1 is 0.495 bits per heavy atom. The summed E-state index contributed by atoms with van der Waals surface area (Å²) in [6, 6.07) is 5.15. The van der Waals surface area contributed by atoms with Gasteiger partial charge in [-0.2, -0.15) is 11.8 Å². The lowest BCUT2D eigenvalue weighted by molar-refractivity contribution is -0.518. The van der Waals surface area contributed by atoms with Crippen molar-refractivity contribution in [3.8, 4) is 0 Å². The van der Waals surface area contributed by atoms with Crippen molar-refractivity contribution in [3.05, 3.63) is 54.2 Å². The number of imidazole rings is 1. The molecule has 13 aliphatic heterocycles. The summed E-state index contributed by atoms with van der Waals surface area (Å²) in [5.74, 6) is 1.40. The Morgan fingerprint density at radius 2 is 0.931 bits per heavy atom. The van der Waals surface area contributed by atoms with E-state index in [0.29, 0.717) is 51.4 Å². The average Bonchev–Trinajstić information content (AvgIpc) is 1.61. The molecule has 2 saturated carbocycles. The van der Waals surface area contributed by atoms with Gasteiger partial charge in [0.15, 0.2) is 18.8 Å².